The van der Waals surface area contributed by atoms with Crippen molar-refractivity contribution in [2.45, 2.75) is 32.5 Å². The van der Waals surface area contributed by atoms with Crippen LogP contribution in [0.3, 0.4) is 0 Å². The molecule has 1 fully saturated rings. The van der Waals surface area contributed by atoms with Crippen molar-refractivity contribution in [1.82, 2.24) is 19.9 Å². The number of hydrogen-bond donors (Lipinski definition) is 1. The number of aromatic nitrogens is 3. The Hall–Kier alpha value is -3.91. The van der Waals surface area contributed by atoms with Gasteiger partial charge in [0.25, 0.3) is 0 Å². The minimum atomic E-state index is -0.151. The van der Waals surface area contributed by atoms with Crippen molar-refractivity contribution in [3.8, 4) is 11.5 Å². The van der Waals surface area contributed by atoms with Gasteiger partial charge in [-0.05, 0) is 73.6 Å². The molecule has 3 aromatic heterocycles. The third-order valence-electron chi connectivity index (χ3n) is 6.74. The zero-order chi connectivity index (χ0) is 25.2. The maximum Gasteiger partial charge on any atom is 0.174 e. The van der Waals surface area contributed by atoms with Gasteiger partial charge < -0.3 is 24.3 Å². The highest BCUT2D eigenvalue weighted by Gasteiger charge is 2.43. The number of anilines is 1. The van der Waals surface area contributed by atoms with E-state index < -0.39 is 0 Å². The van der Waals surface area contributed by atoms with Gasteiger partial charge in [-0.1, -0.05) is 12.1 Å². The molecule has 5 rings (SSSR count). The van der Waals surface area contributed by atoms with Crippen LogP contribution in [0.25, 0.3) is 0 Å². The van der Waals surface area contributed by atoms with Crippen molar-refractivity contribution in [2.75, 3.05) is 19.1 Å². The number of hydrogen-bond acceptors (Lipinski definition) is 5. The van der Waals surface area contributed by atoms with E-state index in [1.807, 2.05) is 54.9 Å². The summed E-state index contributed by atoms with van der Waals surface area (Å²) in [6.07, 6.45) is 5.53. The minimum absolute atomic E-state index is 0.151. The van der Waals surface area contributed by atoms with Gasteiger partial charge >= 0.3 is 0 Å². The summed E-state index contributed by atoms with van der Waals surface area (Å²) < 4.78 is 13.6. The van der Waals surface area contributed by atoms with Crippen LogP contribution in [-0.4, -0.2) is 33.9 Å². The second-order valence-electron chi connectivity index (χ2n) is 8.81. The molecule has 4 heterocycles. The zero-order valence-corrected chi connectivity index (χ0v) is 21.6. The summed E-state index contributed by atoms with van der Waals surface area (Å²) in [5.74, 6) is 1.45. The van der Waals surface area contributed by atoms with Crippen LogP contribution in [0.15, 0.2) is 73.2 Å². The maximum absolute atomic E-state index is 5.93. The Morgan fingerprint density at radius 1 is 1.00 bits per heavy atom. The number of pyridine rings is 2. The highest BCUT2D eigenvalue weighted by atomic mass is 32.1. The second-order valence-corrected chi connectivity index (χ2v) is 9.19. The van der Waals surface area contributed by atoms with Crippen LogP contribution in [-0.2, 0) is 6.54 Å². The minimum Gasteiger partial charge on any atom is -0.497 e. The largest absolute Gasteiger partial charge is 0.497 e. The van der Waals surface area contributed by atoms with Gasteiger partial charge in [0.2, 0.25) is 0 Å². The molecule has 1 aromatic carbocycles. The summed E-state index contributed by atoms with van der Waals surface area (Å²) in [6, 6.07) is 17.8. The fourth-order valence-corrected chi connectivity index (χ4v) is 5.30. The first-order valence-corrected chi connectivity index (χ1v) is 12.2. The topological polar surface area (TPSA) is 64.4 Å². The smallest absolute Gasteiger partial charge is 0.174 e. The zero-order valence-electron chi connectivity index (χ0n) is 20.8. The van der Waals surface area contributed by atoms with Gasteiger partial charge in [-0.2, -0.15) is 0 Å². The molecule has 0 unspecified atom stereocenters. The number of nitrogens with one attached hydrogen (secondary N) is 1. The Bertz CT molecular complexity index is 1370. The molecule has 0 aliphatic carbocycles. The molecule has 36 heavy (non-hydrogen) atoms. The number of ether oxygens (including phenoxy) is 2. The Balaban J connectivity index is 1.66. The van der Waals surface area contributed by atoms with E-state index >= 15 is 0 Å². The highest BCUT2D eigenvalue weighted by molar-refractivity contribution is 7.80. The fraction of sp³-hybridized carbons (Fsp3) is 0.250. The van der Waals surface area contributed by atoms with E-state index in [1.165, 1.54) is 17.0 Å². The van der Waals surface area contributed by atoms with Crippen molar-refractivity contribution >= 4 is 23.0 Å². The Labute approximate surface area is 216 Å². The molecule has 1 aliphatic heterocycles. The van der Waals surface area contributed by atoms with Crippen LogP contribution in [0.4, 0.5) is 5.69 Å². The summed E-state index contributed by atoms with van der Waals surface area (Å²) in [5, 5.41) is 4.15. The molecule has 0 bridgehead atoms. The summed E-state index contributed by atoms with van der Waals surface area (Å²) in [5.41, 5.74) is 6.42. The van der Waals surface area contributed by atoms with Crippen molar-refractivity contribution in [3.63, 3.8) is 0 Å². The van der Waals surface area contributed by atoms with E-state index in [-0.39, 0.29) is 12.1 Å². The third kappa shape index (κ3) is 4.28. The monoisotopic (exact) mass is 499 g/mol. The van der Waals surface area contributed by atoms with Gasteiger partial charge in [-0.25, -0.2) is 0 Å². The first kappa shape index (κ1) is 23.8. The summed E-state index contributed by atoms with van der Waals surface area (Å²) in [6.45, 7) is 5.04. The van der Waals surface area contributed by atoms with Crippen LogP contribution in [0.5, 0.6) is 11.5 Å². The molecule has 4 aromatic rings. The molecule has 7 nitrogen and oxygen atoms in total. The molecule has 1 aliphatic rings. The second kappa shape index (κ2) is 9.99. The van der Waals surface area contributed by atoms with Gasteiger partial charge in [0.05, 0.1) is 37.7 Å². The quantitative estimate of drug-likeness (QED) is 0.353. The van der Waals surface area contributed by atoms with E-state index in [2.05, 4.69) is 50.7 Å². The normalized spacial score (nSPS) is 17.2. The molecular weight excluding hydrogens is 470 g/mol. The molecule has 0 saturated carbocycles. The van der Waals surface area contributed by atoms with E-state index in [0.29, 0.717) is 5.11 Å². The standard InChI is InChI=1S/C28H29N5O2S/c1-18-14-22(19(2)32(18)17-20-8-7-12-29-16-20)27-26(23-9-5-6-13-30-23)31-28(36)33(27)24-15-21(34-3)10-11-25(24)35-4/h5-16,26-27H,17H2,1-4H3,(H,31,36)/t26-,27+/m0/s1. The highest BCUT2D eigenvalue weighted by Crippen LogP contribution is 2.46. The molecule has 1 saturated heterocycles. The molecule has 8 heteroatoms. The van der Waals surface area contributed by atoms with E-state index in [1.54, 1.807) is 20.4 Å². The molecule has 2 atom stereocenters. The molecular formula is C28H29N5O2S. The van der Waals surface area contributed by atoms with Crippen molar-refractivity contribution in [3.05, 3.63) is 101 Å². The van der Waals surface area contributed by atoms with E-state index in [4.69, 9.17) is 21.7 Å². The lowest BCUT2D eigenvalue weighted by Crippen LogP contribution is -2.30. The summed E-state index contributed by atoms with van der Waals surface area (Å²) >= 11 is 5.93. The van der Waals surface area contributed by atoms with Crippen LogP contribution >= 0.6 is 12.2 Å². The predicted molar refractivity (Wildman–Crippen MR) is 145 cm³/mol. The third-order valence-corrected chi connectivity index (χ3v) is 7.05. The molecule has 0 spiro atoms. The molecule has 0 amide bonds. The average molecular weight is 500 g/mol. The summed E-state index contributed by atoms with van der Waals surface area (Å²) in [4.78, 5) is 11.1. The lowest BCUT2D eigenvalue weighted by Gasteiger charge is -2.29. The SMILES string of the molecule is COc1ccc(OC)c(N2C(=S)N[C@@H](c3ccccn3)[C@H]2c2cc(C)n(Cc3cccnc3)c2C)c1. The Morgan fingerprint density at radius 3 is 2.56 bits per heavy atom. The van der Waals surface area contributed by atoms with Gasteiger partial charge in [0, 0.05) is 42.6 Å². The van der Waals surface area contributed by atoms with Crippen LogP contribution in [0.1, 0.15) is 40.3 Å². The lowest BCUT2D eigenvalue weighted by atomic mass is 9.96. The number of aryl methyl sites for hydroxylation is 1. The van der Waals surface area contributed by atoms with Crippen molar-refractivity contribution in [2.24, 2.45) is 0 Å². The van der Waals surface area contributed by atoms with Crippen molar-refractivity contribution < 1.29 is 9.47 Å². The number of thiocarbonyl (C=S) groups is 1. The van der Waals surface area contributed by atoms with Crippen molar-refractivity contribution in [1.29, 1.82) is 0 Å². The van der Waals surface area contributed by atoms with Crippen LogP contribution in [0, 0.1) is 13.8 Å². The first-order chi connectivity index (χ1) is 17.5. The van der Waals surface area contributed by atoms with E-state index in [9.17, 15) is 0 Å². The van der Waals surface area contributed by atoms with Crippen LogP contribution < -0.4 is 19.7 Å². The number of benzene rings is 1. The van der Waals surface area contributed by atoms with Gasteiger partial charge in [-0.15, -0.1) is 0 Å². The van der Waals surface area contributed by atoms with Gasteiger partial charge in [-0.3, -0.25) is 9.97 Å². The number of rotatable bonds is 7. The summed E-state index contributed by atoms with van der Waals surface area (Å²) in [7, 11) is 3.33. The number of nitrogens with zero attached hydrogens (tertiary/aromatic N) is 4. The maximum atomic E-state index is 5.93. The number of methoxy groups -OCH3 is 2. The first-order valence-electron chi connectivity index (χ1n) is 11.8. The predicted octanol–water partition coefficient (Wildman–Crippen LogP) is 5.14. The molecule has 1 N–H and O–H groups in total. The Morgan fingerprint density at radius 2 is 1.86 bits per heavy atom. The molecule has 0 radical (unpaired) electrons. The fourth-order valence-electron chi connectivity index (χ4n) is 4.96. The van der Waals surface area contributed by atoms with Gasteiger partial charge in [0.15, 0.2) is 5.11 Å². The molecule has 184 valence electrons. The Kier molecular flexibility index (Phi) is 6.61. The van der Waals surface area contributed by atoms with Gasteiger partial charge in [0.1, 0.15) is 11.5 Å². The van der Waals surface area contributed by atoms with E-state index in [0.717, 1.165) is 35.0 Å². The van der Waals surface area contributed by atoms with Crippen LogP contribution in [0.2, 0.25) is 0 Å². The average Bonchev–Trinajstić information content (AvgIpc) is 3.40. The lowest BCUT2D eigenvalue weighted by molar-refractivity contribution is 0.403.